The van der Waals surface area contributed by atoms with E-state index in [0.717, 1.165) is 10.2 Å². The number of hydrogen-bond acceptors (Lipinski definition) is 6. The first-order chi connectivity index (χ1) is 12.3. The highest BCUT2D eigenvalue weighted by molar-refractivity contribution is 9.10. The van der Waals surface area contributed by atoms with Crippen molar-refractivity contribution in [1.29, 1.82) is 0 Å². The maximum absolute atomic E-state index is 12.1. The number of nitro benzene ring substituents is 1. The number of amides is 1. The van der Waals surface area contributed by atoms with Gasteiger partial charge in [-0.05, 0) is 40.5 Å². The summed E-state index contributed by atoms with van der Waals surface area (Å²) in [7, 11) is 0. The van der Waals surface area contributed by atoms with E-state index in [2.05, 4.69) is 26.3 Å². The van der Waals surface area contributed by atoms with Crippen LogP contribution < -0.4 is 5.32 Å². The summed E-state index contributed by atoms with van der Waals surface area (Å²) in [5.74, 6) is -0.351. The molecule has 1 heterocycles. The highest BCUT2D eigenvalue weighted by Gasteiger charge is 2.23. The smallest absolute Gasteiger partial charge is 0.269 e. The van der Waals surface area contributed by atoms with E-state index in [-0.39, 0.29) is 18.0 Å². The van der Waals surface area contributed by atoms with Gasteiger partial charge in [0.2, 0.25) is 5.91 Å². The van der Waals surface area contributed by atoms with Crippen molar-refractivity contribution in [2.24, 2.45) is 0 Å². The third-order valence-electron chi connectivity index (χ3n) is 3.96. The molecule has 0 aliphatic rings. The standard InChI is InChI=1S/C16H19BrN4O5/c1-10-13(17)8-18-20(10)7-6-15(23)19-14(9-22)16(24)11-2-4-12(5-3-11)21(25)26/h2-5,8,14,16,22,24H,6-7,9H2,1H3,(H,19,23). The summed E-state index contributed by atoms with van der Waals surface area (Å²) in [5.41, 5.74) is 1.15. The average Bonchev–Trinajstić information content (AvgIpc) is 2.95. The van der Waals surface area contributed by atoms with Gasteiger partial charge in [-0.25, -0.2) is 0 Å². The van der Waals surface area contributed by atoms with Crippen molar-refractivity contribution in [3.05, 3.63) is 56.3 Å². The molecule has 10 heteroatoms. The van der Waals surface area contributed by atoms with Gasteiger partial charge < -0.3 is 15.5 Å². The number of benzene rings is 1. The van der Waals surface area contributed by atoms with Crippen molar-refractivity contribution in [2.75, 3.05) is 6.61 Å². The summed E-state index contributed by atoms with van der Waals surface area (Å²) >= 11 is 3.34. The van der Waals surface area contributed by atoms with Crippen LogP contribution in [0.15, 0.2) is 34.9 Å². The molecule has 0 aliphatic heterocycles. The number of aryl methyl sites for hydroxylation is 1. The van der Waals surface area contributed by atoms with Crippen molar-refractivity contribution in [1.82, 2.24) is 15.1 Å². The molecule has 2 unspecified atom stereocenters. The topological polar surface area (TPSA) is 131 Å². The number of aliphatic hydroxyl groups excluding tert-OH is 2. The van der Waals surface area contributed by atoms with Crippen LogP contribution in [0.2, 0.25) is 0 Å². The van der Waals surface area contributed by atoms with E-state index in [4.69, 9.17) is 0 Å². The zero-order valence-electron chi connectivity index (χ0n) is 14.0. The predicted molar refractivity (Wildman–Crippen MR) is 96.4 cm³/mol. The van der Waals surface area contributed by atoms with Gasteiger partial charge in [-0.3, -0.25) is 19.6 Å². The number of aromatic nitrogens is 2. The number of rotatable bonds is 8. The van der Waals surface area contributed by atoms with E-state index in [0.29, 0.717) is 12.1 Å². The third-order valence-corrected chi connectivity index (χ3v) is 4.74. The van der Waals surface area contributed by atoms with Crippen molar-refractivity contribution < 1.29 is 19.9 Å². The molecular weight excluding hydrogens is 408 g/mol. The molecule has 1 amide bonds. The second-order valence-corrected chi connectivity index (χ2v) is 6.56. The summed E-state index contributed by atoms with van der Waals surface area (Å²) in [4.78, 5) is 22.2. The Kier molecular flexibility index (Phi) is 6.83. The molecule has 0 fully saturated rings. The first kappa shape index (κ1) is 20.0. The Balaban J connectivity index is 1.95. The van der Waals surface area contributed by atoms with Gasteiger partial charge in [0.05, 0.1) is 28.2 Å². The van der Waals surface area contributed by atoms with E-state index in [1.165, 1.54) is 24.3 Å². The van der Waals surface area contributed by atoms with Crippen LogP contribution in [-0.2, 0) is 11.3 Å². The number of nitrogens with zero attached hydrogens (tertiary/aromatic N) is 3. The van der Waals surface area contributed by atoms with Crippen LogP contribution in [0.3, 0.4) is 0 Å². The van der Waals surface area contributed by atoms with Gasteiger partial charge in [-0.1, -0.05) is 0 Å². The van der Waals surface area contributed by atoms with Gasteiger partial charge in [0.1, 0.15) is 6.10 Å². The Bertz CT molecular complexity index is 777. The van der Waals surface area contributed by atoms with Gasteiger partial charge in [0.15, 0.2) is 0 Å². The van der Waals surface area contributed by atoms with Crippen LogP contribution in [0.5, 0.6) is 0 Å². The first-order valence-corrected chi connectivity index (χ1v) is 8.63. The molecule has 9 nitrogen and oxygen atoms in total. The molecule has 1 aromatic carbocycles. The summed E-state index contributed by atoms with van der Waals surface area (Å²) in [5, 5.41) is 37.2. The van der Waals surface area contributed by atoms with E-state index >= 15 is 0 Å². The Morgan fingerprint density at radius 2 is 2.08 bits per heavy atom. The molecule has 0 saturated heterocycles. The third kappa shape index (κ3) is 4.87. The second kappa shape index (κ2) is 8.88. The van der Waals surface area contributed by atoms with Crippen LogP contribution in [0, 0.1) is 17.0 Å². The molecule has 0 aliphatic carbocycles. The number of halogens is 1. The highest BCUT2D eigenvalue weighted by atomic mass is 79.9. The van der Waals surface area contributed by atoms with E-state index < -0.39 is 23.7 Å². The molecule has 1 aromatic heterocycles. The normalized spacial score (nSPS) is 13.2. The molecular formula is C16H19BrN4O5. The van der Waals surface area contributed by atoms with Crippen LogP contribution in [0.1, 0.15) is 23.8 Å². The van der Waals surface area contributed by atoms with Crippen molar-refractivity contribution in [2.45, 2.75) is 32.0 Å². The Labute approximate surface area is 157 Å². The average molecular weight is 427 g/mol. The number of aliphatic hydroxyl groups is 2. The molecule has 140 valence electrons. The Hall–Kier alpha value is -2.30. The van der Waals surface area contributed by atoms with Gasteiger partial charge in [-0.15, -0.1) is 0 Å². The molecule has 2 rings (SSSR count). The van der Waals surface area contributed by atoms with Gasteiger partial charge in [-0.2, -0.15) is 5.10 Å². The summed E-state index contributed by atoms with van der Waals surface area (Å²) < 4.78 is 2.52. The molecule has 0 spiro atoms. The molecule has 26 heavy (non-hydrogen) atoms. The largest absolute Gasteiger partial charge is 0.394 e. The highest BCUT2D eigenvalue weighted by Crippen LogP contribution is 2.20. The monoisotopic (exact) mass is 426 g/mol. The number of carbonyl (C=O) groups excluding carboxylic acids is 1. The van der Waals surface area contributed by atoms with Crippen LogP contribution >= 0.6 is 15.9 Å². The van der Waals surface area contributed by atoms with Gasteiger partial charge in [0.25, 0.3) is 5.69 Å². The summed E-state index contributed by atoms with van der Waals surface area (Å²) in [6, 6.07) is 4.37. The Morgan fingerprint density at radius 1 is 1.42 bits per heavy atom. The fourth-order valence-electron chi connectivity index (χ4n) is 2.39. The van der Waals surface area contributed by atoms with E-state index in [9.17, 15) is 25.1 Å². The number of non-ortho nitro benzene ring substituents is 1. The number of hydrogen-bond donors (Lipinski definition) is 3. The molecule has 2 aromatic rings. The van der Waals surface area contributed by atoms with Crippen molar-refractivity contribution in [3.8, 4) is 0 Å². The first-order valence-electron chi connectivity index (χ1n) is 7.84. The zero-order valence-corrected chi connectivity index (χ0v) is 15.6. The SMILES string of the molecule is Cc1c(Br)cnn1CCC(=O)NC(CO)C(O)c1ccc([N+](=O)[O-])cc1. The zero-order chi connectivity index (χ0) is 19.3. The lowest BCUT2D eigenvalue weighted by Crippen LogP contribution is -2.42. The lowest BCUT2D eigenvalue weighted by Gasteiger charge is -2.22. The van der Waals surface area contributed by atoms with Gasteiger partial charge >= 0.3 is 0 Å². The van der Waals surface area contributed by atoms with Crippen molar-refractivity contribution >= 4 is 27.5 Å². The summed E-state index contributed by atoms with van der Waals surface area (Å²) in [6.07, 6.45) is 0.575. The fourth-order valence-corrected chi connectivity index (χ4v) is 2.68. The van der Waals surface area contributed by atoms with Crippen LogP contribution in [0.25, 0.3) is 0 Å². The summed E-state index contributed by atoms with van der Waals surface area (Å²) in [6.45, 7) is 1.75. The maximum atomic E-state index is 12.1. The molecule has 2 atom stereocenters. The fraction of sp³-hybridized carbons (Fsp3) is 0.375. The van der Waals surface area contributed by atoms with Gasteiger partial charge in [0, 0.05) is 30.8 Å². The molecule has 0 saturated carbocycles. The molecule has 0 radical (unpaired) electrons. The number of nitrogens with one attached hydrogen (secondary N) is 1. The minimum Gasteiger partial charge on any atom is -0.394 e. The lowest BCUT2D eigenvalue weighted by molar-refractivity contribution is -0.384. The van der Waals surface area contributed by atoms with Crippen molar-refractivity contribution in [3.63, 3.8) is 0 Å². The quantitative estimate of drug-likeness (QED) is 0.432. The number of nitro groups is 1. The van der Waals surface area contributed by atoms with Crippen LogP contribution in [-0.4, -0.2) is 43.5 Å². The minimum atomic E-state index is -1.19. The van der Waals surface area contributed by atoms with Crippen LogP contribution in [0.4, 0.5) is 5.69 Å². The molecule has 3 N–H and O–H groups in total. The predicted octanol–water partition coefficient (Wildman–Crippen LogP) is 1.46. The number of carbonyl (C=O) groups is 1. The van der Waals surface area contributed by atoms with E-state index in [1.807, 2.05) is 6.92 Å². The Morgan fingerprint density at radius 3 is 2.58 bits per heavy atom. The minimum absolute atomic E-state index is 0.105. The van der Waals surface area contributed by atoms with E-state index in [1.54, 1.807) is 10.9 Å². The maximum Gasteiger partial charge on any atom is 0.269 e. The lowest BCUT2D eigenvalue weighted by atomic mass is 10.0. The second-order valence-electron chi connectivity index (χ2n) is 5.70. The molecule has 0 bridgehead atoms.